The van der Waals surface area contributed by atoms with Crippen LogP contribution in [0.25, 0.3) is 0 Å². The van der Waals surface area contributed by atoms with E-state index in [1.54, 1.807) is 6.33 Å². The fourth-order valence-corrected chi connectivity index (χ4v) is 3.97. The maximum atomic E-state index is 4.44. The summed E-state index contributed by atoms with van der Waals surface area (Å²) in [7, 11) is 1.91. The topological polar surface area (TPSA) is 49.8 Å². The first-order chi connectivity index (χ1) is 9.30. The number of hydrogen-bond donors (Lipinski definition) is 2. The Kier molecular flexibility index (Phi) is 5.31. The van der Waals surface area contributed by atoms with E-state index in [0.717, 1.165) is 23.3 Å². The summed E-state index contributed by atoms with van der Waals surface area (Å²) in [5, 5.41) is 7.53. The van der Waals surface area contributed by atoms with Gasteiger partial charge in [0.15, 0.2) is 0 Å². The number of aromatic nitrogens is 2. The summed E-state index contributed by atoms with van der Waals surface area (Å²) >= 11 is 2.07. The van der Waals surface area contributed by atoms with Crippen LogP contribution in [0.1, 0.15) is 38.7 Å². The number of rotatable bonds is 6. The Morgan fingerprint density at radius 3 is 2.74 bits per heavy atom. The van der Waals surface area contributed by atoms with Crippen LogP contribution in [0.4, 0.5) is 11.6 Å². The maximum Gasteiger partial charge on any atom is 0.134 e. The summed E-state index contributed by atoms with van der Waals surface area (Å²) < 4.78 is 0. The van der Waals surface area contributed by atoms with Crippen molar-refractivity contribution in [2.75, 3.05) is 23.4 Å². The van der Waals surface area contributed by atoms with E-state index in [0.29, 0.717) is 6.04 Å². The van der Waals surface area contributed by atoms with Gasteiger partial charge in [0.25, 0.3) is 0 Å². The summed E-state index contributed by atoms with van der Waals surface area (Å²) in [5.74, 6) is 3.14. The highest BCUT2D eigenvalue weighted by Gasteiger charge is 2.28. The molecule has 0 aliphatic heterocycles. The van der Waals surface area contributed by atoms with E-state index in [-0.39, 0.29) is 0 Å². The molecule has 1 aliphatic carbocycles. The van der Waals surface area contributed by atoms with Gasteiger partial charge in [-0.05, 0) is 25.0 Å². The van der Waals surface area contributed by atoms with E-state index < -0.39 is 0 Å². The number of anilines is 2. The number of nitrogens with one attached hydrogen (secondary N) is 2. The van der Waals surface area contributed by atoms with Crippen molar-refractivity contribution in [3.63, 3.8) is 0 Å². The molecule has 0 radical (unpaired) electrons. The second-order valence-corrected chi connectivity index (χ2v) is 6.34. The van der Waals surface area contributed by atoms with Gasteiger partial charge in [-0.2, -0.15) is 11.8 Å². The minimum Gasteiger partial charge on any atom is -0.373 e. The monoisotopic (exact) mass is 280 g/mol. The van der Waals surface area contributed by atoms with E-state index in [9.17, 15) is 0 Å². The number of thioether (sulfide) groups is 1. The Balaban J connectivity index is 2.14. The molecule has 4 nitrogen and oxygen atoms in total. The predicted octanol–water partition coefficient (Wildman–Crippen LogP) is 3.17. The van der Waals surface area contributed by atoms with Crippen LogP contribution in [0, 0.1) is 0 Å². The molecule has 0 aromatic carbocycles. The molecule has 0 bridgehead atoms. The third-order valence-electron chi connectivity index (χ3n) is 3.69. The second kappa shape index (κ2) is 6.98. The molecule has 1 heterocycles. The zero-order chi connectivity index (χ0) is 13.7. The van der Waals surface area contributed by atoms with E-state index in [2.05, 4.69) is 46.2 Å². The van der Waals surface area contributed by atoms with Crippen LogP contribution in [0.3, 0.4) is 0 Å². The first kappa shape index (κ1) is 14.4. The molecule has 1 aromatic rings. The normalized spacial score (nSPS) is 22.5. The van der Waals surface area contributed by atoms with Crippen molar-refractivity contribution in [3.05, 3.63) is 11.9 Å². The molecule has 0 amide bonds. The van der Waals surface area contributed by atoms with Crippen LogP contribution in [0.5, 0.6) is 0 Å². The van der Waals surface area contributed by atoms with E-state index in [4.69, 9.17) is 0 Å². The molecule has 1 fully saturated rings. The maximum absolute atomic E-state index is 4.44. The van der Waals surface area contributed by atoms with Crippen molar-refractivity contribution in [1.29, 1.82) is 0 Å². The Bertz CT molecular complexity index is 410. The molecule has 5 heteroatoms. The van der Waals surface area contributed by atoms with Crippen molar-refractivity contribution in [2.24, 2.45) is 0 Å². The van der Waals surface area contributed by atoms with Crippen LogP contribution in [0.2, 0.25) is 0 Å². The van der Waals surface area contributed by atoms with Crippen molar-refractivity contribution in [2.45, 2.75) is 50.8 Å². The molecule has 19 heavy (non-hydrogen) atoms. The zero-order valence-electron chi connectivity index (χ0n) is 12.1. The highest BCUT2D eigenvalue weighted by atomic mass is 32.2. The Hall–Kier alpha value is -0.970. The van der Waals surface area contributed by atoms with Crippen molar-refractivity contribution in [3.8, 4) is 0 Å². The van der Waals surface area contributed by atoms with E-state index >= 15 is 0 Å². The lowest BCUT2D eigenvalue weighted by Gasteiger charge is -2.22. The van der Waals surface area contributed by atoms with Gasteiger partial charge in [-0.25, -0.2) is 9.97 Å². The summed E-state index contributed by atoms with van der Waals surface area (Å²) in [6, 6.07) is 0.551. The molecule has 0 spiro atoms. The van der Waals surface area contributed by atoms with E-state index in [1.807, 2.05) is 7.05 Å². The number of nitrogens with zero attached hydrogens (tertiary/aromatic N) is 2. The largest absolute Gasteiger partial charge is 0.373 e. The third kappa shape index (κ3) is 3.32. The fraction of sp³-hybridized carbons (Fsp3) is 0.714. The standard InChI is InChI=1S/C14H24N4S/c1-4-10-13(15-3)16-9-17-14(10)18-11-7-6-8-12(11)19-5-2/h9,11-12H,4-8H2,1-3H3,(H2,15,16,17,18). The molecule has 2 rings (SSSR count). The van der Waals surface area contributed by atoms with Crippen LogP contribution in [-0.2, 0) is 6.42 Å². The Morgan fingerprint density at radius 2 is 2.05 bits per heavy atom. The average molecular weight is 280 g/mol. The van der Waals surface area contributed by atoms with Crippen LogP contribution in [0.15, 0.2) is 6.33 Å². The molecule has 2 unspecified atom stereocenters. The van der Waals surface area contributed by atoms with Gasteiger partial charge in [0.1, 0.15) is 18.0 Å². The zero-order valence-corrected chi connectivity index (χ0v) is 12.9. The lowest BCUT2D eigenvalue weighted by molar-refractivity contribution is 0.758. The lowest BCUT2D eigenvalue weighted by atomic mass is 10.2. The van der Waals surface area contributed by atoms with Crippen LogP contribution in [-0.4, -0.2) is 34.1 Å². The molecular weight excluding hydrogens is 256 g/mol. The third-order valence-corrected chi connectivity index (χ3v) is 5.02. The highest BCUT2D eigenvalue weighted by Crippen LogP contribution is 2.33. The smallest absolute Gasteiger partial charge is 0.134 e. The van der Waals surface area contributed by atoms with Gasteiger partial charge in [-0.1, -0.05) is 20.3 Å². The minimum absolute atomic E-state index is 0.551. The average Bonchev–Trinajstić information content (AvgIpc) is 2.86. The lowest BCUT2D eigenvalue weighted by Crippen LogP contribution is -2.27. The SMILES string of the molecule is CCSC1CCCC1Nc1ncnc(NC)c1CC. The summed E-state index contributed by atoms with van der Waals surface area (Å²) in [5.41, 5.74) is 1.19. The second-order valence-electron chi connectivity index (χ2n) is 4.83. The van der Waals surface area contributed by atoms with Gasteiger partial charge in [-0.3, -0.25) is 0 Å². The van der Waals surface area contributed by atoms with Crippen molar-refractivity contribution < 1.29 is 0 Å². The van der Waals surface area contributed by atoms with Gasteiger partial charge in [0.05, 0.1) is 0 Å². The van der Waals surface area contributed by atoms with Gasteiger partial charge < -0.3 is 10.6 Å². The number of hydrogen-bond acceptors (Lipinski definition) is 5. The minimum atomic E-state index is 0.551. The van der Waals surface area contributed by atoms with Gasteiger partial charge in [0, 0.05) is 23.9 Å². The van der Waals surface area contributed by atoms with Crippen molar-refractivity contribution >= 4 is 23.4 Å². The molecule has 106 valence electrons. The molecule has 2 N–H and O–H groups in total. The van der Waals surface area contributed by atoms with Crippen molar-refractivity contribution in [1.82, 2.24) is 9.97 Å². The van der Waals surface area contributed by atoms with Gasteiger partial charge in [0.2, 0.25) is 0 Å². The van der Waals surface area contributed by atoms with Gasteiger partial charge >= 0.3 is 0 Å². The van der Waals surface area contributed by atoms with Crippen LogP contribution >= 0.6 is 11.8 Å². The molecule has 0 saturated heterocycles. The molecule has 1 aromatic heterocycles. The van der Waals surface area contributed by atoms with Gasteiger partial charge in [-0.15, -0.1) is 0 Å². The first-order valence-corrected chi connectivity index (χ1v) is 8.24. The molecule has 2 atom stereocenters. The fourth-order valence-electron chi connectivity index (χ4n) is 2.77. The summed E-state index contributed by atoms with van der Waals surface area (Å²) in [4.78, 5) is 8.74. The van der Waals surface area contributed by atoms with Crippen LogP contribution < -0.4 is 10.6 Å². The summed E-state index contributed by atoms with van der Waals surface area (Å²) in [6.07, 6.45) is 6.48. The molecule has 1 saturated carbocycles. The highest BCUT2D eigenvalue weighted by molar-refractivity contribution is 7.99. The summed E-state index contributed by atoms with van der Waals surface area (Å²) in [6.45, 7) is 4.39. The molecular formula is C14H24N4S. The van der Waals surface area contributed by atoms with E-state index in [1.165, 1.54) is 30.6 Å². The quantitative estimate of drug-likeness (QED) is 0.838. The predicted molar refractivity (Wildman–Crippen MR) is 84.1 cm³/mol. The first-order valence-electron chi connectivity index (χ1n) is 7.19. The Labute approximate surface area is 120 Å². The Morgan fingerprint density at radius 1 is 1.26 bits per heavy atom. The molecule has 1 aliphatic rings.